The lowest BCUT2D eigenvalue weighted by Gasteiger charge is -2.13. The molecule has 1 heterocycles. The van der Waals surface area contributed by atoms with Crippen LogP contribution in [0.4, 0.5) is 0 Å². The molecule has 0 bridgehead atoms. The Balaban J connectivity index is 2.25. The van der Waals surface area contributed by atoms with Crippen LogP contribution in [0.25, 0.3) is 0 Å². The zero-order chi connectivity index (χ0) is 13.1. The lowest BCUT2D eigenvalue weighted by molar-refractivity contribution is 0.892. The van der Waals surface area contributed by atoms with Crippen molar-refractivity contribution in [1.82, 2.24) is 4.98 Å². The van der Waals surface area contributed by atoms with E-state index in [2.05, 4.69) is 33.9 Å². The van der Waals surface area contributed by atoms with Crippen LogP contribution in [0.3, 0.4) is 0 Å². The van der Waals surface area contributed by atoms with Crippen molar-refractivity contribution in [2.45, 2.75) is 18.2 Å². The van der Waals surface area contributed by atoms with Gasteiger partial charge in [-0.15, -0.1) is 0 Å². The van der Waals surface area contributed by atoms with Gasteiger partial charge < -0.3 is 0 Å². The van der Waals surface area contributed by atoms with E-state index in [0.717, 1.165) is 22.7 Å². The molecule has 0 saturated heterocycles. The van der Waals surface area contributed by atoms with Gasteiger partial charge in [0, 0.05) is 33.2 Å². The highest BCUT2D eigenvalue weighted by atomic mass is 79.9. The van der Waals surface area contributed by atoms with E-state index in [0.29, 0.717) is 5.02 Å². The van der Waals surface area contributed by atoms with Crippen LogP contribution >= 0.6 is 39.1 Å². The van der Waals surface area contributed by atoms with Crippen molar-refractivity contribution in [1.29, 1.82) is 0 Å². The molecule has 2 aromatic rings. The van der Waals surface area contributed by atoms with E-state index in [1.807, 2.05) is 24.4 Å². The summed E-state index contributed by atoms with van der Waals surface area (Å²) in [6, 6.07) is 9.50. The van der Waals surface area contributed by atoms with Gasteiger partial charge in [0.15, 0.2) is 0 Å². The summed E-state index contributed by atoms with van der Waals surface area (Å²) in [5.41, 5.74) is 3.24. The number of halogens is 3. The number of benzene rings is 1. The van der Waals surface area contributed by atoms with Gasteiger partial charge in [0.1, 0.15) is 0 Å². The molecule has 18 heavy (non-hydrogen) atoms. The monoisotopic (exact) mass is 343 g/mol. The highest BCUT2D eigenvalue weighted by Gasteiger charge is 2.14. The molecule has 1 nitrogen and oxygen atoms in total. The fraction of sp³-hybridized carbons (Fsp3) is 0.214. The van der Waals surface area contributed by atoms with Crippen molar-refractivity contribution in [2.75, 3.05) is 0 Å². The zero-order valence-electron chi connectivity index (χ0n) is 9.83. The molecule has 0 amide bonds. The van der Waals surface area contributed by atoms with E-state index in [1.54, 1.807) is 6.07 Å². The summed E-state index contributed by atoms with van der Waals surface area (Å²) in [5, 5.41) is 1.41. The second-order valence-corrected chi connectivity index (χ2v) is 6.05. The average Bonchev–Trinajstić information content (AvgIpc) is 2.35. The topological polar surface area (TPSA) is 12.9 Å². The van der Waals surface area contributed by atoms with Gasteiger partial charge >= 0.3 is 0 Å². The van der Waals surface area contributed by atoms with E-state index >= 15 is 0 Å². The van der Waals surface area contributed by atoms with Gasteiger partial charge in [0.2, 0.25) is 0 Å². The van der Waals surface area contributed by atoms with Gasteiger partial charge in [-0.3, -0.25) is 4.98 Å². The molecule has 4 heteroatoms. The van der Waals surface area contributed by atoms with Crippen molar-refractivity contribution in [3.05, 3.63) is 63.4 Å². The molecule has 0 aliphatic heterocycles. The van der Waals surface area contributed by atoms with E-state index in [-0.39, 0.29) is 4.83 Å². The second-order valence-electron chi connectivity index (χ2n) is 4.10. The highest BCUT2D eigenvalue weighted by Crippen LogP contribution is 2.34. The highest BCUT2D eigenvalue weighted by molar-refractivity contribution is 9.09. The van der Waals surface area contributed by atoms with Crippen molar-refractivity contribution in [3.8, 4) is 0 Å². The molecule has 0 spiro atoms. The summed E-state index contributed by atoms with van der Waals surface area (Å²) in [6.07, 6.45) is 2.59. The summed E-state index contributed by atoms with van der Waals surface area (Å²) < 4.78 is 0. The molecular weight excluding hydrogens is 333 g/mol. The molecule has 2 rings (SSSR count). The number of nitrogens with zero attached hydrogens (tertiary/aromatic N) is 1. The lowest BCUT2D eigenvalue weighted by atomic mass is 10.1. The minimum absolute atomic E-state index is 0.109. The Hall–Kier alpha value is -0.570. The van der Waals surface area contributed by atoms with Crippen LogP contribution in [0, 0.1) is 6.92 Å². The second kappa shape index (κ2) is 6.05. The van der Waals surface area contributed by atoms with Gasteiger partial charge in [-0.25, -0.2) is 0 Å². The van der Waals surface area contributed by atoms with Crippen molar-refractivity contribution in [3.63, 3.8) is 0 Å². The van der Waals surface area contributed by atoms with Crippen LogP contribution < -0.4 is 0 Å². The van der Waals surface area contributed by atoms with E-state index in [1.165, 1.54) is 5.56 Å². The Morgan fingerprint density at radius 3 is 2.78 bits per heavy atom. The third kappa shape index (κ3) is 3.25. The first-order valence-corrected chi connectivity index (χ1v) is 7.24. The van der Waals surface area contributed by atoms with Gasteiger partial charge in [0.25, 0.3) is 0 Å². The molecule has 0 fully saturated rings. The van der Waals surface area contributed by atoms with Crippen LogP contribution in [0.1, 0.15) is 21.6 Å². The van der Waals surface area contributed by atoms with Crippen molar-refractivity contribution in [2.24, 2.45) is 0 Å². The van der Waals surface area contributed by atoms with E-state index in [9.17, 15) is 0 Å². The molecule has 1 aromatic carbocycles. The summed E-state index contributed by atoms with van der Waals surface area (Å²) in [6.45, 7) is 2.06. The van der Waals surface area contributed by atoms with Crippen LogP contribution in [-0.2, 0) is 6.42 Å². The number of pyridine rings is 1. The van der Waals surface area contributed by atoms with Gasteiger partial charge in [0.05, 0.1) is 0 Å². The average molecular weight is 345 g/mol. The van der Waals surface area contributed by atoms with Crippen molar-refractivity contribution >= 4 is 39.1 Å². The third-order valence-electron chi connectivity index (χ3n) is 2.79. The molecule has 0 radical (unpaired) electrons. The maximum atomic E-state index is 6.19. The quantitative estimate of drug-likeness (QED) is 0.681. The standard InChI is InChI=1S/C14H12BrCl2N/c1-9-3-2-6-18-14(9)8-12(15)11-7-10(16)4-5-13(11)17/h2-7,12H,8H2,1H3. The minimum atomic E-state index is 0.109. The molecule has 0 aliphatic carbocycles. The zero-order valence-corrected chi connectivity index (χ0v) is 12.9. The Morgan fingerprint density at radius 2 is 2.06 bits per heavy atom. The molecule has 0 N–H and O–H groups in total. The Kier molecular flexibility index (Phi) is 4.66. The maximum Gasteiger partial charge on any atom is 0.0466 e. The minimum Gasteiger partial charge on any atom is -0.261 e. The fourth-order valence-electron chi connectivity index (χ4n) is 1.77. The van der Waals surface area contributed by atoms with E-state index in [4.69, 9.17) is 23.2 Å². The largest absolute Gasteiger partial charge is 0.261 e. The van der Waals surface area contributed by atoms with Crippen LogP contribution in [0.15, 0.2) is 36.5 Å². The molecular formula is C14H12BrCl2N. The number of rotatable bonds is 3. The van der Waals surface area contributed by atoms with Gasteiger partial charge in [-0.1, -0.05) is 45.2 Å². The summed E-state index contributed by atoms with van der Waals surface area (Å²) in [4.78, 5) is 4.50. The predicted octanol–water partition coefficient (Wildman–Crippen LogP) is 5.38. The first-order valence-electron chi connectivity index (χ1n) is 5.57. The predicted molar refractivity (Wildman–Crippen MR) is 80.8 cm³/mol. The normalized spacial score (nSPS) is 12.4. The summed E-state index contributed by atoms with van der Waals surface area (Å²) in [5.74, 6) is 0. The summed E-state index contributed by atoms with van der Waals surface area (Å²) in [7, 11) is 0. The van der Waals surface area contributed by atoms with Crippen LogP contribution in [0.5, 0.6) is 0 Å². The Morgan fingerprint density at radius 1 is 1.28 bits per heavy atom. The Bertz CT molecular complexity index is 557. The molecule has 1 unspecified atom stereocenters. The van der Waals surface area contributed by atoms with Crippen LogP contribution in [-0.4, -0.2) is 4.98 Å². The van der Waals surface area contributed by atoms with Crippen LogP contribution in [0.2, 0.25) is 10.0 Å². The lowest BCUT2D eigenvalue weighted by Crippen LogP contribution is -2.00. The molecule has 94 valence electrons. The number of aryl methyl sites for hydroxylation is 1. The number of aromatic nitrogens is 1. The SMILES string of the molecule is Cc1cccnc1CC(Br)c1cc(Cl)ccc1Cl. The fourth-order valence-corrected chi connectivity index (χ4v) is 3.01. The van der Waals surface area contributed by atoms with Crippen molar-refractivity contribution < 1.29 is 0 Å². The first-order chi connectivity index (χ1) is 8.58. The third-order valence-corrected chi connectivity index (χ3v) is 4.18. The van der Waals surface area contributed by atoms with Gasteiger partial charge in [-0.2, -0.15) is 0 Å². The summed E-state index contributed by atoms with van der Waals surface area (Å²) >= 11 is 15.8. The number of hydrogen-bond donors (Lipinski definition) is 0. The Labute approximate surface area is 125 Å². The maximum absolute atomic E-state index is 6.19. The number of alkyl halides is 1. The smallest absolute Gasteiger partial charge is 0.0466 e. The van der Waals surface area contributed by atoms with Gasteiger partial charge in [-0.05, 0) is 42.3 Å². The molecule has 1 atom stereocenters. The molecule has 0 aliphatic rings. The molecule has 0 saturated carbocycles. The first kappa shape index (κ1) is 13.9. The van der Waals surface area contributed by atoms with E-state index < -0.39 is 0 Å². The number of hydrogen-bond acceptors (Lipinski definition) is 1. The molecule has 1 aromatic heterocycles.